The summed E-state index contributed by atoms with van der Waals surface area (Å²) in [6.07, 6.45) is 4.79. The van der Waals surface area contributed by atoms with Crippen molar-refractivity contribution in [2.75, 3.05) is 20.2 Å². The average Bonchev–Trinajstić information content (AvgIpc) is 3.16. The van der Waals surface area contributed by atoms with E-state index in [1.54, 1.807) is 25.3 Å². The zero-order valence-electron chi connectivity index (χ0n) is 12.9. The molecule has 2 atom stereocenters. The van der Waals surface area contributed by atoms with Crippen molar-refractivity contribution >= 4 is 5.97 Å². The van der Waals surface area contributed by atoms with Crippen LogP contribution in [0.25, 0.3) is 0 Å². The SMILES string of the molecule is COc1ccc([C@@H]2CN(C3CCCC3)C[C@H]2C(=O)O)c(O)c1. The average molecular weight is 305 g/mol. The number of methoxy groups -OCH3 is 1. The number of nitrogens with zero attached hydrogens (tertiary/aromatic N) is 1. The lowest BCUT2D eigenvalue weighted by molar-refractivity contribution is -0.141. The quantitative estimate of drug-likeness (QED) is 0.894. The molecule has 5 heteroatoms. The molecule has 1 heterocycles. The summed E-state index contributed by atoms with van der Waals surface area (Å²) >= 11 is 0. The summed E-state index contributed by atoms with van der Waals surface area (Å²) in [6.45, 7) is 1.29. The number of rotatable bonds is 4. The summed E-state index contributed by atoms with van der Waals surface area (Å²) < 4.78 is 5.10. The van der Waals surface area contributed by atoms with E-state index in [1.807, 2.05) is 0 Å². The summed E-state index contributed by atoms with van der Waals surface area (Å²) in [4.78, 5) is 14.0. The van der Waals surface area contributed by atoms with Crippen LogP contribution in [0.4, 0.5) is 0 Å². The normalized spacial score (nSPS) is 26.4. The Bertz CT molecular complexity index is 554. The fraction of sp³-hybridized carbons (Fsp3) is 0.588. The van der Waals surface area contributed by atoms with Crippen LogP contribution in [0.1, 0.15) is 37.2 Å². The Morgan fingerprint density at radius 3 is 2.59 bits per heavy atom. The summed E-state index contributed by atoms with van der Waals surface area (Å²) in [5.74, 6) is -0.688. The molecular weight excluding hydrogens is 282 g/mol. The van der Waals surface area contributed by atoms with Crippen LogP contribution in [0.15, 0.2) is 18.2 Å². The maximum Gasteiger partial charge on any atom is 0.308 e. The van der Waals surface area contributed by atoms with E-state index in [1.165, 1.54) is 12.8 Å². The molecule has 5 nitrogen and oxygen atoms in total. The molecule has 2 N–H and O–H groups in total. The van der Waals surface area contributed by atoms with Gasteiger partial charge in [-0.25, -0.2) is 0 Å². The molecule has 1 saturated carbocycles. The van der Waals surface area contributed by atoms with Gasteiger partial charge in [0, 0.05) is 31.1 Å². The maximum atomic E-state index is 11.6. The van der Waals surface area contributed by atoms with Gasteiger partial charge in [0.05, 0.1) is 13.0 Å². The second kappa shape index (κ2) is 6.16. The Hall–Kier alpha value is -1.75. The monoisotopic (exact) mass is 305 g/mol. The Morgan fingerprint density at radius 2 is 2.00 bits per heavy atom. The van der Waals surface area contributed by atoms with E-state index in [-0.39, 0.29) is 11.7 Å². The number of carboxylic acid groups (broad SMARTS) is 1. The van der Waals surface area contributed by atoms with Crippen molar-refractivity contribution in [3.05, 3.63) is 23.8 Å². The lowest BCUT2D eigenvalue weighted by Crippen LogP contribution is -2.31. The smallest absolute Gasteiger partial charge is 0.308 e. The highest BCUT2D eigenvalue weighted by molar-refractivity contribution is 5.72. The minimum atomic E-state index is -0.777. The van der Waals surface area contributed by atoms with Gasteiger partial charge >= 0.3 is 5.97 Å². The lowest BCUT2D eigenvalue weighted by Gasteiger charge is -2.23. The molecule has 3 rings (SSSR count). The van der Waals surface area contributed by atoms with E-state index in [0.29, 0.717) is 30.4 Å². The molecule has 1 aliphatic heterocycles. The van der Waals surface area contributed by atoms with Gasteiger partial charge in [0.1, 0.15) is 11.5 Å². The first kappa shape index (κ1) is 15.2. The second-order valence-corrected chi connectivity index (χ2v) is 6.37. The molecule has 0 bridgehead atoms. The van der Waals surface area contributed by atoms with Crippen LogP contribution >= 0.6 is 0 Å². The van der Waals surface area contributed by atoms with Crippen LogP contribution in [0.5, 0.6) is 11.5 Å². The number of likely N-dealkylation sites (tertiary alicyclic amines) is 1. The van der Waals surface area contributed by atoms with Gasteiger partial charge in [0.25, 0.3) is 0 Å². The van der Waals surface area contributed by atoms with Crippen molar-refractivity contribution in [1.82, 2.24) is 4.90 Å². The van der Waals surface area contributed by atoms with E-state index in [0.717, 1.165) is 12.8 Å². The Kier molecular flexibility index (Phi) is 4.25. The van der Waals surface area contributed by atoms with Crippen molar-refractivity contribution in [1.29, 1.82) is 0 Å². The number of phenols is 1. The fourth-order valence-electron chi connectivity index (χ4n) is 3.93. The largest absolute Gasteiger partial charge is 0.508 e. The molecule has 2 fully saturated rings. The minimum Gasteiger partial charge on any atom is -0.508 e. The van der Waals surface area contributed by atoms with Gasteiger partial charge in [-0.1, -0.05) is 18.9 Å². The maximum absolute atomic E-state index is 11.6. The van der Waals surface area contributed by atoms with Gasteiger partial charge in [-0.3, -0.25) is 9.69 Å². The zero-order valence-corrected chi connectivity index (χ0v) is 12.9. The summed E-state index contributed by atoms with van der Waals surface area (Å²) in [6, 6.07) is 5.65. The highest BCUT2D eigenvalue weighted by Crippen LogP contribution is 2.41. The molecule has 0 unspecified atom stereocenters. The number of aliphatic carboxylic acids is 1. The van der Waals surface area contributed by atoms with Gasteiger partial charge < -0.3 is 14.9 Å². The second-order valence-electron chi connectivity index (χ2n) is 6.37. The number of phenolic OH excluding ortho intramolecular Hbond substituents is 1. The first-order chi connectivity index (χ1) is 10.6. The molecule has 0 radical (unpaired) electrons. The highest BCUT2D eigenvalue weighted by atomic mass is 16.5. The van der Waals surface area contributed by atoms with Crippen LogP contribution in [0.3, 0.4) is 0 Å². The minimum absolute atomic E-state index is 0.129. The van der Waals surface area contributed by atoms with Gasteiger partial charge in [-0.15, -0.1) is 0 Å². The topological polar surface area (TPSA) is 70.0 Å². The number of carbonyl (C=O) groups is 1. The number of ether oxygens (including phenoxy) is 1. The standard InChI is InChI=1S/C17H23NO4/c1-22-12-6-7-13(16(19)8-12)14-9-18(10-15(14)17(20)21)11-4-2-3-5-11/h6-8,11,14-15,19H,2-5,9-10H2,1H3,(H,20,21)/t14-,15+/m0/s1. The van der Waals surface area contributed by atoms with Gasteiger partial charge in [-0.2, -0.15) is 0 Å². The van der Waals surface area contributed by atoms with E-state index >= 15 is 0 Å². The first-order valence-corrected chi connectivity index (χ1v) is 7.94. The van der Waals surface area contributed by atoms with Crippen LogP contribution in [0.2, 0.25) is 0 Å². The Balaban J connectivity index is 1.85. The van der Waals surface area contributed by atoms with Crippen LogP contribution < -0.4 is 4.74 Å². The van der Waals surface area contributed by atoms with Crippen LogP contribution in [-0.2, 0) is 4.79 Å². The number of hydrogen-bond donors (Lipinski definition) is 2. The van der Waals surface area contributed by atoms with Crippen LogP contribution in [0, 0.1) is 5.92 Å². The molecule has 0 spiro atoms. The van der Waals surface area contributed by atoms with E-state index in [9.17, 15) is 15.0 Å². The van der Waals surface area contributed by atoms with Crippen molar-refractivity contribution in [3.8, 4) is 11.5 Å². The number of hydrogen-bond acceptors (Lipinski definition) is 4. The highest BCUT2D eigenvalue weighted by Gasteiger charge is 2.42. The zero-order chi connectivity index (χ0) is 15.7. The van der Waals surface area contributed by atoms with Gasteiger partial charge in [0.15, 0.2) is 0 Å². The fourth-order valence-corrected chi connectivity index (χ4v) is 3.93. The van der Waals surface area contributed by atoms with Crippen molar-refractivity contribution < 1.29 is 19.7 Å². The van der Waals surface area contributed by atoms with E-state index < -0.39 is 11.9 Å². The Labute approximate surface area is 130 Å². The molecular formula is C17H23NO4. The lowest BCUT2D eigenvalue weighted by atomic mass is 9.88. The first-order valence-electron chi connectivity index (χ1n) is 7.94. The predicted octanol–water partition coefficient (Wildman–Crippen LogP) is 2.44. The molecule has 1 saturated heterocycles. The predicted molar refractivity (Wildman–Crippen MR) is 82.4 cm³/mol. The summed E-state index contributed by atoms with van der Waals surface area (Å²) in [5, 5.41) is 19.8. The summed E-state index contributed by atoms with van der Waals surface area (Å²) in [7, 11) is 1.55. The molecule has 0 amide bonds. The third-order valence-corrected chi connectivity index (χ3v) is 5.14. The third-order valence-electron chi connectivity index (χ3n) is 5.14. The molecule has 2 aliphatic rings. The molecule has 120 valence electrons. The summed E-state index contributed by atoms with van der Waals surface area (Å²) in [5.41, 5.74) is 0.716. The third kappa shape index (κ3) is 2.77. The number of benzene rings is 1. The van der Waals surface area contributed by atoms with Crippen LogP contribution in [-0.4, -0.2) is 47.3 Å². The number of aromatic hydroxyl groups is 1. The number of carboxylic acids is 1. The molecule has 1 aromatic rings. The van der Waals surface area contributed by atoms with Gasteiger partial charge in [0.2, 0.25) is 0 Å². The van der Waals surface area contributed by atoms with E-state index in [4.69, 9.17) is 4.74 Å². The Morgan fingerprint density at radius 1 is 1.27 bits per heavy atom. The van der Waals surface area contributed by atoms with E-state index in [2.05, 4.69) is 4.90 Å². The molecule has 0 aromatic heterocycles. The molecule has 1 aliphatic carbocycles. The molecule has 1 aromatic carbocycles. The molecule has 22 heavy (non-hydrogen) atoms. The van der Waals surface area contributed by atoms with Gasteiger partial charge in [-0.05, 0) is 24.5 Å². The van der Waals surface area contributed by atoms with Crippen molar-refractivity contribution in [2.24, 2.45) is 5.92 Å². The van der Waals surface area contributed by atoms with Crippen molar-refractivity contribution in [3.63, 3.8) is 0 Å². The van der Waals surface area contributed by atoms with Crippen molar-refractivity contribution in [2.45, 2.75) is 37.6 Å².